The minimum absolute atomic E-state index is 0.129. The van der Waals surface area contributed by atoms with Crippen molar-refractivity contribution >= 4 is 28.2 Å². The van der Waals surface area contributed by atoms with Gasteiger partial charge in [-0.1, -0.05) is 44.2 Å². The van der Waals surface area contributed by atoms with Crippen LogP contribution in [0.1, 0.15) is 50.7 Å². The fourth-order valence-electron chi connectivity index (χ4n) is 5.45. The average Bonchev–Trinajstić information content (AvgIpc) is 2.81. The molecule has 180 valence electrons. The van der Waals surface area contributed by atoms with Gasteiger partial charge in [-0.3, -0.25) is 9.59 Å². The molecular weight excluding hydrogens is 442 g/mol. The van der Waals surface area contributed by atoms with Gasteiger partial charge in [-0.2, -0.15) is 0 Å². The molecule has 0 unspecified atom stereocenters. The number of allylic oxidation sites excluding steroid dienone is 2. The van der Waals surface area contributed by atoms with E-state index in [1.165, 1.54) is 21.1 Å². The number of Topliss-reactive ketones (excluding diaryl/α,β-unsaturated/α-hetero) is 1. The lowest BCUT2D eigenvalue weighted by atomic mass is 9.68. The van der Waals surface area contributed by atoms with Crippen molar-refractivity contribution in [2.45, 2.75) is 39.5 Å². The molecule has 0 saturated carbocycles. The van der Waals surface area contributed by atoms with Crippen LogP contribution in [0.15, 0.2) is 59.8 Å². The normalized spacial score (nSPS) is 18.4. The predicted octanol–water partition coefficient (Wildman–Crippen LogP) is 5.98. The van der Waals surface area contributed by atoms with Crippen LogP contribution in [-0.4, -0.2) is 26.0 Å². The largest absolute Gasteiger partial charge is 0.493 e. The van der Waals surface area contributed by atoms with Crippen LogP contribution in [-0.2, 0) is 9.59 Å². The van der Waals surface area contributed by atoms with Crippen LogP contribution in [0.4, 0.5) is 5.69 Å². The molecule has 0 bridgehead atoms. The molecule has 35 heavy (non-hydrogen) atoms. The van der Waals surface area contributed by atoms with Crippen LogP contribution in [0.3, 0.4) is 0 Å². The topological polar surface area (TPSA) is 73.9 Å². The van der Waals surface area contributed by atoms with E-state index in [9.17, 15) is 9.59 Å². The number of hydrogen-bond acceptors (Lipinski definition) is 6. The molecule has 0 spiro atoms. The Morgan fingerprint density at radius 3 is 2.34 bits per heavy atom. The van der Waals surface area contributed by atoms with Crippen molar-refractivity contribution in [2.75, 3.05) is 19.5 Å². The number of benzene rings is 3. The Morgan fingerprint density at radius 2 is 1.69 bits per heavy atom. The molecular formula is C29H29NO5. The number of hydrogen-bond donors (Lipinski definition) is 1. The SMILES string of the molecule is COc1cc([C@H]2C3=C(CC(C)(C)CC3=O)Nc3ccc4ccccc4c32)cc(OC)c1OC(C)=O. The number of esters is 1. The second kappa shape index (κ2) is 8.45. The number of ether oxygens (including phenoxy) is 3. The van der Waals surface area contributed by atoms with E-state index in [-0.39, 0.29) is 22.9 Å². The molecule has 1 aliphatic heterocycles. The molecule has 1 N–H and O–H groups in total. The first-order valence-corrected chi connectivity index (χ1v) is 11.7. The van der Waals surface area contributed by atoms with Gasteiger partial charge in [0, 0.05) is 36.2 Å². The molecule has 6 nitrogen and oxygen atoms in total. The van der Waals surface area contributed by atoms with Crippen LogP contribution in [0.2, 0.25) is 0 Å². The smallest absolute Gasteiger partial charge is 0.308 e. The Hall–Kier alpha value is -3.80. The molecule has 0 saturated heterocycles. The summed E-state index contributed by atoms with van der Waals surface area (Å²) in [6.45, 7) is 5.59. The average molecular weight is 472 g/mol. The number of nitrogens with one attached hydrogen (secondary N) is 1. The number of fused-ring (bicyclic) bond motifs is 3. The molecule has 6 heteroatoms. The van der Waals surface area contributed by atoms with Gasteiger partial charge in [0.05, 0.1) is 14.2 Å². The Kier molecular flexibility index (Phi) is 5.55. The Morgan fingerprint density at radius 1 is 1.00 bits per heavy atom. The van der Waals surface area contributed by atoms with Gasteiger partial charge < -0.3 is 19.5 Å². The summed E-state index contributed by atoms with van der Waals surface area (Å²) in [6, 6.07) is 16.1. The van der Waals surface area contributed by atoms with Gasteiger partial charge >= 0.3 is 5.97 Å². The molecule has 5 rings (SSSR count). The molecule has 1 aliphatic carbocycles. The van der Waals surface area contributed by atoms with Crippen molar-refractivity contribution in [3.63, 3.8) is 0 Å². The third-order valence-corrected chi connectivity index (χ3v) is 6.82. The summed E-state index contributed by atoms with van der Waals surface area (Å²) in [5, 5.41) is 5.77. The van der Waals surface area contributed by atoms with E-state index in [1.54, 1.807) is 0 Å². The lowest BCUT2D eigenvalue weighted by Crippen LogP contribution is -2.34. The maximum absolute atomic E-state index is 13.7. The minimum Gasteiger partial charge on any atom is -0.493 e. The Labute approximate surface area is 204 Å². The zero-order valence-corrected chi connectivity index (χ0v) is 20.7. The van der Waals surface area contributed by atoms with Crippen molar-refractivity contribution < 1.29 is 23.8 Å². The van der Waals surface area contributed by atoms with E-state index in [2.05, 4.69) is 43.4 Å². The van der Waals surface area contributed by atoms with Gasteiger partial charge in [-0.15, -0.1) is 0 Å². The fraction of sp³-hybridized carbons (Fsp3) is 0.310. The summed E-state index contributed by atoms with van der Waals surface area (Å²) in [5.74, 6) is 0.312. The standard InChI is InChI=1S/C29H29NO5/c1-16(31)35-28-23(33-4)12-18(13-24(28)34-5)25-26-19-9-7-6-8-17(19)10-11-20(26)30-21-14-29(2,3)15-22(32)27(21)25/h6-13,25,30H,14-15H2,1-5H3/t25-/m1/s1. The van der Waals surface area contributed by atoms with Crippen molar-refractivity contribution in [1.29, 1.82) is 0 Å². The van der Waals surface area contributed by atoms with E-state index < -0.39 is 5.97 Å². The molecule has 0 amide bonds. The van der Waals surface area contributed by atoms with E-state index >= 15 is 0 Å². The third-order valence-electron chi connectivity index (χ3n) is 6.82. The zero-order valence-electron chi connectivity index (χ0n) is 20.7. The van der Waals surface area contributed by atoms with Crippen LogP contribution in [0.5, 0.6) is 17.2 Å². The van der Waals surface area contributed by atoms with E-state index in [4.69, 9.17) is 14.2 Å². The van der Waals surface area contributed by atoms with Gasteiger partial charge in [0.25, 0.3) is 0 Å². The monoisotopic (exact) mass is 471 g/mol. The molecule has 1 atom stereocenters. The number of ketones is 1. The summed E-state index contributed by atoms with van der Waals surface area (Å²) in [5.41, 5.74) is 4.48. The maximum Gasteiger partial charge on any atom is 0.308 e. The summed E-state index contributed by atoms with van der Waals surface area (Å²) < 4.78 is 16.7. The lowest BCUT2D eigenvalue weighted by Gasteiger charge is -2.40. The highest BCUT2D eigenvalue weighted by Gasteiger charge is 2.41. The molecule has 3 aromatic rings. The van der Waals surface area contributed by atoms with E-state index in [0.29, 0.717) is 17.9 Å². The first-order valence-electron chi connectivity index (χ1n) is 11.7. The first-order chi connectivity index (χ1) is 16.7. The van der Waals surface area contributed by atoms with Crippen molar-refractivity contribution in [3.05, 3.63) is 70.9 Å². The Balaban J connectivity index is 1.81. The maximum atomic E-state index is 13.7. The van der Waals surface area contributed by atoms with Gasteiger partial charge in [0.2, 0.25) is 5.75 Å². The summed E-state index contributed by atoms with van der Waals surface area (Å²) in [4.78, 5) is 25.4. The van der Waals surface area contributed by atoms with Gasteiger partial charge in [0.1, 0.15) is 0 Å². The number of anilines is 1. The van der Waals surface area contributed by atoms with Gasteiger partial charge in [-0.25, -0.2) is 0 Å². The summed E-state index contributed by atoms with van der Waals surface area (Å²) in [7, 11) is 3.05. The predicted molar refractivity (Wildman–Crippen MR) is 135 cm³/mol. The minimum atomic E-state index is -0.470. The molecule has 2 aliphatic rings. The highest BCUT2D eigenvalue weighted by atomic mass is 16.6. The summed E-state index contributed by atoms with van der Waals surface area (Å²) >= 11 is 0. The molecule has 0 aromatic heterocycles. The zero-order chi connectivity index (χ0) is 24.9. The molecule has 1 heterocycles. The number of carbonyl (C=O) groups excluding carboxylic acids is 2. The van der Waals surface area contributed by atoms with Crippen LogP contribution < -0.4 is 19.5 Å². The van der Waals surface area contributed by atoms with Crippen molar-refractivity contribution in [2.24, 2.45) is 5.41 Å². The number of carbonyl (C=O) groups is 2. The van der Waals surface area contributed by atoms with Gasteiger partial charge in [0.15, 0.2) is 17.3 Å². The number of methoxy groups -OCH3 is 2. The van der Waals surface area contributed by atoms with E-state index in [0.717, 1.165) is 45.3 Å². The highest BCUT2D eigenvalue weighted by Crippen LogP contribution is 2.52. The van der Waals surface area contributed by atoms with Crippen LogP contribution >= 0.6 is 0 Å². The number of rotatable bonds is 4. The first kappa shape index (κ1) is 23.0. The third kappa shape index (κ3) is 3.93. The fourth-order valence-corrected chi connectivity index (χ4v) is 5.45. The van der Waals surface area contributed by atoms with Crippen LogP contribution in [0.25, 0.3) is 10.8 Å². The Bertz CT molecular complexity index is 1380. The second-order valence-electron chi connectivity index (χ2n) is 9.99. The van der Waals surface area contributed by atoms with E-state index in [1.807, 2.05) is 24.3 Å². The molecule has 3 aromatic carbocycles. The highest BCUT2D eigenvalue weighted by molar-refractivity contribution is 6.04. The summed E-state index contributed by atoms with van der Waals surface area (Å²) in [6.07, 6.45) is 1.25. The second-order valence-corrected chi connectivity index (χ2v) is 9.99. The molecule has 0 radical (unpaired) electrons. The van der Waals surface area contributed by atoms with Crippen molar-refractivity contribution in [1.82, 2.24) is 0 Å². The van der Waals surface area contributed by atoms with Crippen molar-refractivity contribution in [3.8, 4) is 17.2 Å². The van der Waals surface area contributed by atoms with Crippen LogP contribution in [0, 0.1) is 5.41 Å². The lowest BCUT2D eigenvalue weighted by molar-refractivity contribution is -0.132. The quantitative estimate of drug-likeness (QED) is 0.373. The molecule has 0 fully saturated rings. The van der Waals surface area contributed by atoms with Gasteiger partial charge in [-0.05, 0) is 51.9 Å².